The first kappa shape index (κ1) is 13.4. The summed E-state index contributed by atoms with van der Waals surface area (Å²) in [6.07, 6.45) is 0. The van der Waals surface area contributed by atoms with Gasteiger partial charge >= 0.3 is 0 Å². The Hall–Kier alpha value is -3.04. The van der Waals surface area contributed by atoms with Gasteiger partial charge in [-0.15, -0.1) is 0 Å². The number of allylic oxidation sites excluding steroid dienone is 2. The summed E-state index contributed by atoms with van der Waals surface area (Å²) in [6, 6.07) is 20.5. The second-order valence-corrected chi connectivity index (χ2v) is 4.07. The highest BCUT2D eigenvalue weighted by Gasteiger charge is 2.11. The largest absolute Gasteiger partial charge is 0.497 e. The van der Waals surface area contributed by atoms with Crippen molar-refractivity contribution in [3.8, 4) is 17.9 Å². The summed E-state index contributed by atoms with van der Waals surface area (Å²) >= 11 is 0. The Morgan fingerprint density at radius 3 is 1.75 bits per heavy atom. The van der Waals surface area contributed by atoms with Gasteiger partial charge in [-0.1, -0.05) is 30.3 Å². The zero-order valence-corrected chi connectivity index (χ0v) is 11.0. The van der Waals surface area contributed by atoms with E-state index in [2.05, 4.69) is 12.1 Å². The summed E-state index contributed by atoms with van der Waals surface area (Å²) in [6.45, 7) is 0. The standard InChI is InChI=1S/C17H12N2O/c1-20-15-9-7-14(8-10-15)17(12-19)16(11-18)13-5-3-2-4-6-13/h2-10H,1H3. The maximum absolute atomic E-state index is 9.38. The predicted octanol–water partition coefficient (Wildman–Crippen LogP) is 3.65. The first-order chi connectivity index (χ1) is 9.80. The molecule has 0 unspecified atom stereocenters. The van der Waals surface area contributed by atoms with Gasteiger partial charge in [0.15, 0.2) is 0 Å². The van der Waals surface area contributed by atoms with Crippen molar-refractivity contribution in [2.24, 2.45) is 0 Å². The van der Waals surface area contributed by atoms with E-state index in [0.29, 0.717) is 22.5 Å². The molecular weight excluding hydrogens is 248 g/mol. The van der Waals surface area contributed by atoms with Crippen molar-refractivity contribution in [1.29, 1.82) is 10.5 Å². The van der Waals surface area contributed by atoms with Gasteiger partial charge < -0.3 is 4.74 Å². The predicted molar refractivity (Wildman–Crippen MR) is 77.5 cm³/mol. The molecule has 0 fully saturated rings. The first-order valence-corrected chi connectivity index (χ1v) is 6.04. The fourth-order valence-electron chi connectivity index (χ4n) is 1.89. The minimum atomic E-state index is 0.362. The Bertz CT molecular complexity index is 701. The van der Waals surface area contributed by atoms with Gasteiger partial charge in [0.25, 0.3) is 0 Å². The monoisotopic (exact) mass is 260 g/mol. The lowest BCUT2D eigenvalue weighted by molar-refractivity contribution is 0.415. The molecular formula is C17H12N2O. The van der Waals surface area contributed by atoms with Crippen LogP contribution in [0.1, 0.15) is 11.1 Å². The van der Waals surface area contributed by atoms with Gasteiger partial charge in [0.2, 0.25) is 0 Å². The van der Waals surface area contributed by atoms with E-state index in [9.17, 15) is 10.5 Å². The lowest BCUT2D eigenvalue weighted by Gasteiger charge is -2.05. The molecule has 0 aliphatic rings. The molecule has 0 heterocycles. The smallest absolute Gasteiger partial charge is 0.118 e. The normalized spacial score (nSPS) is 10.9. The molecule has 2 aromatic rings. The molecule has 0 bridgehead atoms. The fraction of sp³-hybridized carbons (Fsp3) is 0.0588. The van der Waals surface area contributed by atoms with E-state index in [4.69, 9.17) is 4.74 Å². The van der Waals surface area contributed by atoms with Gasteiger partial charge in [0.1, 0.15) is 17.9 Å². The van der Waals surface area contributed by atoms with Crippen molar-refractivity contribution < 1.29 is 4.74 Å². The summed E-state index contributed by atoms with van der Waals surface area (Å²) in [5, 5.41) is 18.7. The van der Waals surface area contributed by atoms with E-state index in [-0.39, 0.29) is 0 Å². The average molecular weight is 260 g/mol. The maximum atomic E-state index is 9.38. The summed E-state index contributed by atoms with van der Waals surface area (Å²) in [5.41, 5.74) is 2.18. The summed E-state index contributed by atoms with van der Waals surface area (Å²) in [5.74, 6) is 0.712. The van der Waals surface area contributed by atoms with E-state index in [1.54, 1.807) is 31.4 Å². The minimum Gasteiger partial charge on any atom is -0.497 e. The third kappa shape index (κ3) is 2.68. The quantitative estimate of drug-likeness (QED) is 0.625. The van der Waals surface area contributed by atoms with Crippen molar-refractivity contribution in [1.82, 2.24) is 0 Å². The SMILES string of the molecule is COc1ccc(C(C#N)=C(C#N)c2ccccc2)cc1. The zero-order chi connectivity index (χ0) is 14.4. The van der Waals surface area contributed by atoms with Crippen LogP contribution in [0, 0.1) is 22.7 Å². The highest BCUT2D eigenvalue weighted by atomic mass is 16.5. The summed E-state index contributed by atoms with van der Waals surface area (Å²) in [4.78, 5) is 0. The highest BCUT2D eigenvalue weighted by molar-refractivity contribution is 6.02. The van der Waals surface area contributed by atoms with Crippen LogP contribution in [0.4, 0.5) is 0 Å². The van der Waals surface area contributed by atoms with Crippen LogP contribution < -0.4 is 4.74 Å². The number of hydrogen-bond acceptors (Lipinski definition) is 3. The number of nitrogens with zero attached hydrogens (tertiary/aromatic N) is 2. The number of hydrogen-bond donors (Lipinski definition) is 0. The molecule has 96 valence electrons. The minimum absolute atomic E-state index is 0.362. The molecule has 0 aliphatic carbocycles. The number of methoxy groups -OCH3 is 1. The van der Waals surface area contributed by atoms with Crippen molar-refractivity contribution in [2.75, 3.05) is 7.11 Å². The van der Waals surface area contributed by atoms with E-state index in [1.807, 2.05) is 30.3 Å². The molecule has 0 amide bonds. The molecule has 0 spiro atoms. The highest BCUT2D eigenvalue weighted by Crippen LogP contribution is 2.26. The lowest BCUT2D eigenvalue weighted by Crippen LogP contribution is -1.90. The van der Waals surface area contributed by atoms with E-state index < -0.39 is 0 Å². The third-order valence-corrected chi connectivity index (χ3v) is 2.91. The maximum Gasteiger partial charge on any atom is 0.118 e. The first-order valence-electron chi connectivity index (χ1n) is 6.04. The lowest BCUT2D eigenvalue weighted by atomic mass is 9.96. The average Bonchev–Trinajstić information content (AvgIpc) is 2.53. The van der Waals surface area contributed by atoms with Gasteiger partial charge in [0, 0.05) is 0 Å². The van der Waals surface area contributed by atoms with Crippen LogP contribution in [-0.4, -0.2) is 7.11 Å². The van der Waals surface area contributed by atoms with Crippen LogP contribution in [-0.2, 0) is 0 Å². The Morgan fingerprint density at radius 1 is 0.800 bits per heavy atom. The molecule has 20 heavy (non-hydrogen) atoms. The topological polar surface area (TPSA) is 56.8 Å². The molecule has 2 rings (SSSR count). The van der Waals surface area contributed by atoms with E-state index in [1.165, 1.54) is 0 Å². The third-order valence-electron chi connectivity index (χ3n) is 2.91. The number of rotatable bonds is 3. The molecule has 0 aromatic heterocycles. The van der Waals surface area contributed by atoms with Crippen molar-refractivity contribution in [2.45, 2.75) is 0 Å². The second kappa shape index (κ2) is 6.22. The molecule has 0 saturated heterocycles. The molecule has 3 nitrogen and oxygen atoms in total. The number of ether oxygens (including phenoxy) is 1. The van der Waals surface area contributed by atoms with Gasteiger partial charge in [-0.05, 0) is 35.4 Å². The number of nitriles is 2. The second-order valence-electron chi connectivity index (χ2n) is 4.07. The molecule has 0 saturated carbocycles. The van der Waals surface area contributed by atoms with Crippen LogP contribution in [0.5, 0.6) is 5.75 Å². The fourth-order valence-corrected chi connectivity index (χ4v) is 1.89. The zero-order valence-electron chi connectivity index (χ0n) is 11.0. The van der Waals surface area contributed by atoms with Crippen LogP contribution in [0.2, 0.25) is 0 Å². The molecule has 0 aliphatic heterocycles. The van der Waals surface area contributed by atoms with Crippen LogP contribution in [0.3, 0.4) is 0 Å². The van der Waals surface area contributed by atoms with Crippen molar-refractivity contribution in [3.05, 3.63) is 65.7 Å². The Kier molecular flexibility index (Phi) is 4.17. The summed E-state index contributed by atoms with van der Waals surface area (Å²) < 4.78 is 5.09. The van der Waals surface area contributed by atoms with Crippen molar-refractivity contribution in [3.63, 3.8) is 0 Å². The van der Waals surface area contributed by atoms with Crippen LogP contribution >= 0.6 is 0 Å². The van der Waals surface area contributed by atoms with E-state index in [0.717, 1.165) is 5.56 Å². The van der Waals surface area contributed by atoms with Gasteiger partial charge in [-0.3, -0.25) is 0 Å². The van der Waals surface area contributed by atoms with E-state index >= 15 is 0 Å². The summed E-state index contributed by atoms with van der Waals surface area (Å²) in [7, 11) is 1.58. The van der Waals surface area contributed by atoms with Gasteiger partial charge in [-0.2, -0.15) is 10.5 Å². The molecule has 3 heteroatoms. The van der Waals surface area contributed by atoms with Crippen LogP contribution in [0.25, 0.3) is 11.1 Å². The molecule has 0 N–H and O–H groups in total. The number of benzene rings is 2. The van der Waals surface area contributed by atoms with Crippen LogP contribution in [0.15, 0.2) is 54.6 Å². The van der Waals surface area contributed by atoms with Crippen molar-refractivity contribution >= 4 is 11.1 Å². The Labute approximate surface area is 118 Å². The Morgan fingerprint density at radius 2 is 1.30 bits per heavy atom. The molecule has 2 aromatic carbocycles. The Balaban J connectivity index is 2.56. The van der Waals surface area contributed by atoms with Gasteiger partial charge in [-0.25, -0.2) is 0 Å². The molecule has 0 radical (unpaired) electrons. The van der Waals surface area contributed by atoms with Gasteiger partial charge in [0.05, 0.1) is 18.3 Å². The molecule has 0 atom stereocenters.